The van der Waals surface area contributed by atoms with E-state index in [4.69, 9.17) is 4.74 Å². The summed E-state index contributed by atoms with van der Waals surface area (Å²) in [7, 11) is -2.26. The summed E-state index contributed by atoms with van der Waals surface area (Å²) in [5.41, 5.74) is -0.259. The number of carboxylic acid groups (broad SMARTS) is 1. The number of aliphatic carboxylic acids is 1. The van der Waals surface area contributed by atoms with Gasteiger partial charge in [-0.05, 0) is 37.5 Å². The second-order valence-corrected chi connectivity index (χ2v) is 8.59. The Morgan fingerprint density at radius 2 is 2.07 bits per heavy atom. The average molecular weight is 398 g/mol. The number of carbonyl (C=O) groups excluding carboxylic acids is 1. The van der Waals surface area contributed by atoms with E-state index in [1.54, 1.807) is 19.9 Å². The Kier molecular flexibility index (Phi) is 6.61. The summed E-state index contributed by atoms with van der Waals surface area (Å²) in [6, 6.07) is 4.39. The van der Waals surface area contributed by atoms with Crippen molar-refractivity contribution in [2.24, 2.45) is 5.41 Å². The molecular formula is C18H26N2O6S. The highest BCUT2D eigenvalue weighted by Gasteiger charge is 2.44. The van der Waals surface area contributed by atoms with Gasteiger partial charge in [0.05, 0.1) is 11.5 Å². The average Bonchev–Trinajstić information content (AvgIpc) is 2.61. The Labute approximate surface area is 159 Å². The van der Waals surface area contributed by atoms with Crippen LogP contribution in [0.1, 0.15) is 35.7 Å². The molecule has 1 atom stereocenters. The minimum atomic E-state index is -3.69. The molecule has 1 fully saturated rings. The van der Waals surface area contributed by atoms with E-state index in [-0.39, 0.29) is 36.1 Å². The summed E-state index contributed by atoms with van der Waals surface area (Å²) in [6.45, 7) is 4.09. The van der Waals surface area contributed by atoms with E-state index < -0.39 is 21.4 Å². The summed E-state index contributed by atoms with van der Waals surface area (Å²) in [6.07, 6.45) is 0.962. The van der Waals surface area contributed by atoms with Crippen LogP contribution < -0.4 is 4.72 Å². The van der Waals surface area contributed by atoms with Crippen LogP contribution in [0, 0.1) is 12.3 Å². The number of carboxylic acids is 1. The summed E-state index contributed by atoms with van der Waals surface area (Å²) in [5.74, 6) is -1.37. The number of benzene rings is 1. The molecule has 27 heavy (non-hydrogen) atoms. The molecule has 1 aromatic carbocycles. The van der Waals surface area contributed by atoms with Crippen LogP contribution in [0.5, 0.6) is 0 Å². The molecule has 8 nitrogen and oxygen atoms in total. The number of aryl methyl sites for hydroxylation is 1. The molecule has 1 aromatic rings. The number of hydrogen-bond acceptors (Lipinski definition) is 5. The third-order valence-electron chi connectivity index (χ3n) is 4.82. The lowest BCUT2D eigenvalue weighted by Gasteiger charge is -2.39. The van der Waals surface area contributed by atoms with Crippen molar-refractivity contribution < 1.29 is 27.9 Å². The molecule has 1 aliphatic heterocycles. The van der Waals surface area contributed by atoms with E-state index in [0.717, 1.165) is 0 Å². The molecule has 150 valence electrons. The van der Waals surface area contributed by atoms with Gasteiger partial charge in [0.25, 0.3) is 5.91 Å². The Morgan fingerprint density at radius 3 is 2.67 bits per heavy atom. The molecule has 2 N–H and O–H groups in total. The predicted molar refractivity (Wildman–Crippen MR) is 99.1 cm³/mol. The van der Waals surface area contributed by atoms with Crippen LogP contribution >= 0.6 is 0 Å². The van der Waals surface area contributed by atoms with E-state index in [1.165, 1.54) is 24.1 Å². The molecule has 9 heteroatoms. The monoisotopic (exact) mass is 398 g/mol. The van der Waals surface area contributed by atoms with Crippen molar-refractivity contribution in [1.29, 1.82) is 0 Å². The Bertz CT molecular complexity index is 819. The third-order valence-corrected chi connectivity index (χ3v) is 6.37. The molecule has 1 aliphatic rings. The van der Waals surface area contributed by atoms with Gasteiger partial charge in [-0.25, -0.2) is 13.1 Å². The van der Waals surface area contributed by atoms with Gasteiger partial charge >= 0.3 is 5.97 Å². The molecule has 1 amide bonds. The van der Waals surface area contributed by atoms with Crippen LogP contribution in [-0.2, 0) is 19.6 Å². The zero-order valence-electron chi connectivity index (χ0n) is 15.8. The van der Waals surface area contributed by atoms with Gasteiger partial charge in [-0.15, -0.1) is 0 Å². The summed E-state index contributed by atoms with van der Waals surface area (Å²) < 4.78 is 32.0. The minimum Gasteiger partial charge on any atom is -0.481 e. The van der Waals surface area contributed by atoms with Crippen LogP contribution in [-0.4, -0.2) is 63.7 Å². The fraction of sp³-hybridized carbons (Fsp3) is 0.556. The van der Waals surface area contributed by atoms with Gasteiger partial charge in [-0.2, -0.15) is 0 Å². The second-order valence-electron chi connectivity index (χ2n) is 6.83. The summed E-state index contributed by atoms with van der Waals surface area (Å²) in [5, 5.41) is 9.65. The summed E-state index contributed by atoms with van der Waals surface area (Å²) >= 11 is 0. The van der Waals surface area contributed by atoms with Crippen molar-refractivity contribution in [1.82, 2.24) is 9.62 Å². The lowest BCUT2D eigenvalue weighted by molar-refractivity contribution is -0.155. The molecule has 1 heterocycles. The van der Waals surface area contributed by atoms with Crippen molar-refractivity contribution in [2.75, 3.05) is 33.4 Å². The molecule has 0 aromatic heterocycles. The second kappa shape index (κ2) is 8.37. The van der Waals surface area contributed by atoms with Crippen LogP contribution in [0.2, 0.25) is 0 Å². The van der Waals surface area contributed by atoms with Crippen LogP contribution in [0.4, 0.5) is 0 Å². The van der Waals surface area contributed by atoms with Crippen molar-refractivity contribution in [3.63, 3.8) is 0 Å². The summed E-state index contributed by atoms with van der Waals surface area (Å²) in [4.78, 5) is 26.3. The number of nitrogens with zero attached hydrogens (tertiary/aromatic N) is 1. The smallest absolute Gasteiger partial charge is 0.313 e. The maximum absolute atomic E-state index is 13.0. The maximum Gasteiger partial charge on any atom is 0.313 e. The third kappa shape index (κ3) is 4.48. The lowest BCUT2D eigenvalue weighted by atomic mass is 9.80. The zero-order chi connectivity index (χ0) is 20.2. The number of carbonyl (C=O) groups is 2. The highest BCUT2D eigenvalue weighted by atomic mass is 32.2. The van der Waals surface area contributed by atoms with Gasteiger partial charge in [-0.1, -0.05) is 13.0 Å². The Hall–Kier alpha value is -1.97. The number of methoxy groups -OCH3 is 1. The molecule has 0 spiro atoms. The normalized spacial score (nSPS) is 20.5. The molecule has 1 saturated heterocycles. The van der Waals surface area contributed by atoms with Crippen LogP contribution in [0.15, 0.2) is 23.1 Å². The molecule has 0 radical (unpaired) electrons. The Morgan fingerprint density at radius 1 is 1.37 bits per heavy atom. The minimum absolute atomic E-state index is 0.0108. The largest absolute Gasteiger partial charge is 0.481 e. The quantitative estimate of drug-likeness (QED) is 0.715. The maximum atomic E-state index is 13.0. The fourth-order valence-corrected chi connectivity index (χ4v) is 4.44. The zero-order valence-corrected chi connectivity index (χ0v) is 16.6. The van der Waals surface area contributed by atoms with Crippen molar-refractivity contribution in [2.45, 2.75) is 31.6 Å². The molecule has 2 rings (SSSR count). The number of rotatable bonds is 7. The molecule has 0 saturated carbocycles. The molecule has 1 unspecified atom stereocenters. The molecular weight excluding hydrogens is 372 g/mol. The number of hydrogen-bond donors (Lipinski definition) is 2. The fourth-order valence-electron chi connectivity index (χ4n) is 3.38. The first kappa shape index (κ1) is 21.3. The number of likely N-dealkylation sites (tertiary alicyclic amines) is 1. The van der Waals surface area contributed by atoms with E-state index in [2.05, 4.69) is 4.72 Å². The van der Waals surface area contributed by atoms with Crippen LogP contribution in [0.25, 0.3) is 0 Å². The van der Waals surface area contributed by atoms with E-state index in [9.17, 15) is 23.1 Å². The highest BCUT2D eigenvalue weighted by Crippen LogP contribution is 2.32. The number of amides is 1. The SMILES string of the molecule is CCNS(=O)(=O)c1ccc(C)c(C(=O)N2CCCC(COC)(C(=O)O)C2)c1. The highest BCUT2D eigenvalue weighted by molar-refractivity contribution is 7.89. The molecule has 0 aliphatic carbocycles. The van der Waals surface area contributed by atoms with E-state index >= 15 is 0 Å². The van der Waals surface area contributed by atoms with Gasteiger partial charge in [-0.3, -0.25) is 9.59 Å². The van der Waals surface area contributed by atoms with Crippen LogP contribution in [0.3, 0.4) is 0 Å². The first-order valence-electron chi connectivity index (χ1n) is 8.79. The van der Waals surface area contributed by atoms with Crippen molar-refractivity contribution >= 4 is 21.9 Å². The number of sulfonamides is 1. The predicted octanol–water partition coefficient (Wildman–Crippen LogP) is 1.25. The van der Waals surface area contributed by atoms with E-state index in [0.29, 0.717) is 24.9 Å². The van der Waals surface area contributed by atoms with Gasteiger partial charge in [0.2, 0.25) is 10.0 Å². The first-order valence-corrected chi connectivity index (χ1v) is 10.3. The number of piperidine rings is 1. The number of ether oxygens (including phenoxy) is 1. The van der Waals surface area contributed by atoms with Gasteiger partial charge in [0, 0.05) is 32.3 Å². The lowest BCUT2D eigenvalue weighted by Crippen LogP contribution is -2.52. The van der Waals surface area contributed by atoms with Gasteiger partial charge in [0.15, 0.2) is 0 Å². The standard InChI is InChI=1S/C18H26N2O6S/c1-4-19-27(24,25)14-7-6-13(2)15(10-14)16(21)20-9-5-8-18(11-20,12-26-3)17(22)23/h6-7,10,19H,4-5,8-9,11-12H2,1-3H3,(H,22,23). The van der Waals surface area contributed by atoms with E-state index in [1.807, 2.05) is 0 Å². The first-order chi connectivity index (χ1) is 12.7. The van der Waals surface area contributed by atoms with Crippen molar-refractivity contribution in [3.05, 3.63) is 29.3 Å². The molecule has 0 bridgehead atoms. The topological polar surface area (TPSA) is 113 Å². The van der Waals surface area contributed by atoms with Crippen molar-refractivity contribution in [3.8, 4) is 0 Å². The van der Waals surface area contributed by atoms with Gasteiger partial charge in [0.1, 0.15) is 5.41 Å². The van der Waals surface area contributed by atoms with Gasteiger partial charge < -0.3 is 14.7 Å². The number of nitrogens with one attached hydrogen (secondary N) is 1. The Balaban J connectivity index is 2.35.